The van der Waals surface area contributed by atoms with Crippen LogP contribution in [0.3, 0.4) is 0 Å². The molecule has 53 heavy (non-hydrogen) atoms. The molecule has 12 nitrogen and oxygen atoms in total. The molecule has 0 fully saturated rings. The van der Waals surface area contributed by atoms with Crippen molar-refractivity contribution in [2.24, 2.45) is 5.73 Å². The number of aromatic hydroxyl groups is 1. The van der Waals surface area contributed by atoms with Crippen LogP contribution >= 0.6 is 11.3 Å². The van der Waals surface area contributed by atoms with Crippen molar-refractivity contribution < 1.29 is 46.6 Å². The van der Waals surface area contributed by atoms with E-state index < -0.39 is 65.0 Å². The van der Waals surface area contributed by atoms with Crippen molar-refractivity contribution in [1.29, 1.82) is 0 Å². The van der Waals surface area contributed by atoms with Crippen molar-refractivity contribution in [3.8, 4) is 17.4 Å². The Kier molecular flexibility index (Phi) is 11.9. The number of aromatic nitrogens is 2. The number of anilines is 3. The number of nitrogens with zero attached hydrogens (tertiary/aromatic N) is 2. The molecule has 0 aliphatic heterocycles. The number of fused-ring (bicyclic) bond motifs is 1. The fraction of sp³-hybridized carbons (Fsp3) is 0.0556. The van der Waals surface area contributed by atoms with Gasteiger partial charge in [0.25, 0.3) is 0 Å². The van der Waals surface area contributed by atoms with E-state index in [1.165, 1.54) is 72.3 Å². The number of ether oxygens (including phenoxy) is 1. The van der Waals surface area contributed by atoms with Gasteiger partial charge in [0, 0.05) is 23.1 Å². The van der Waals surface area contributed by atoms with Crippen LogP contribution in [-0.2, 0) is 19.2 Å². The van der Waals surface area contributed by atoms with E-state index >= 15 is 0 Å². The number of rotatable bonds is 10. The van der Waals surface area contributed by atoms with E-state index in [1.54, 1.807) is 6.07 Å². The highest BCUT2D eigenvalue weighted by atomic mass is 32.1. The number of primary amides is 1. The summed E-state index contributed by atoms with van der Waals surface area (Å²) in [4.78, 5) is 56.6. The molecule has 0 spiro atoms. The van der Waals surface area contributed by atoms with E-state index in [9.17, 15) is 36.7 Å². The van der Waals surface area contributed by atoms with Crippen molar-refractivity contribution in [3.63, 3.8) is 0 Å². The number of carbonyl (C=O) groups is 4. The fourth-order valence-electron chi connectivity index (χ4n) is 4.60. The number of phenols is 1. The van der Waals surface area contributed by atoms with Gasteiger partial charge >= 0.3 is 0 Å². The molecule has 2 heterocycles. The molecule has 6 aromatic rings. The van der Waals surface area contributed by atoms with Crippen LogP contribution in [0, 0.1) is 23.3 Å². The second-order valence-corrected chi connectivity index (χ2v) is 11.8. The summed E-state index contributed by atoms with van der Waals surface area (Å²) in [5.41, 5.74) is 6.16. The first-order valence-corrected chi connectivity index (χ1v) is 16.1. The van der Waals surface area contributed by atoms with Gasteiger partial charge in [0.15, 0.2) is 23.1 Å². The quantitative estimate of drug-likeness (QED) is 0.0589. The van der Waals surface area contributed by atoms with Gasteiger partial charge in [0.1, 0.15) is 35.1 Å². The Morgan fingerprint density at radius 2 is 1.34 bits per heavy atom. The smallest absolute Gasteiger partial charge is 0.241 e. The monoisotopic (exact) mass is 746 g/mol. The lowest BCUT2D eigenvalue weighted by atomic mass is 9.97. The molecule has 6 rings (SSSR count). The van der Waals surface area contributed by atoms with E-state index in [4.69, 9.17) is 15.6 Å². The first-order chi connectivity index (χ1) is 25.4. The predicted octanol–water partition coefficient (Wildman–Crippen LogP) is 6.61. The molecule has 1 unspecified atom stereocenters. The third kappa shape index (κ3) is 10.1. The number of thiophene rings is 1. The summed E-state index contributed by atoms with van der Waals surface area (Å²) in [6.07, 6.45) is 0.823. The van der Waals surface area contributed by atoms with Crippen LogP contribution in [0.1, 0.15) is 17.9 Å². The lowest BCUT2D eigenvalue weighted by Crippen LogP contribution is -2.32. The minimum Gasteiger partial charge on any atom is -0.505 e. The molecular weight excluding hydrogens is 720 g/mol. The minimum atomic E-state index is -1.46. The van der Waals surface area contributed by atoms with Gasteiger partial charge in [-0.2, -0.15) is 0 Å². The number of nitrogens with one attached hydrogen (secondary N) is 3. The normalized spacial score (nSPS) is 11.1. The molecular formula is C36H26F4N6O6S. The maximum Gasteiger partial charge on any atom is 0.241 e. The first kappa shape index (κ1) is 37.4. The van der Waals surface area contributed by atoms with Gasteiger partial charge in [-0.3, -0.25) is 19.2 Å². The van der Waals surface area contributed by atoms with Gasteiger partial charge in [-0.05, 0) is 89.8 Å². The van der Waals surface area contributed by atoms with Crippen LogP contribution in [0.25, 0.3) is 10.2 Å². The standard InChI is InChI=1S/C21H14F2N4O3S.C15H12F2N2O3/c22-12-2-4-13(5-3-12)27-19(29)17(18(24)28)11-1-6-16(15(23)9-11)30-20-14-7-8-31-21(14)26-10-25-20;16-9-1-3-10(4-2-9)18-14(21)8-15(22)19-11-5-6-13(20)12(17)7-11/h1-10,17H,(H2,24,28)(H,27,29);1-7,20H,8H2,(H,18,21)(H,19,22). The number of carbonyl (C=O) groups excluding carboxylic acids is 4. The molecule has 0 saturated carbocycles. The largest absolute Gasteiger partial charge is 0.505 e. The highest BCUT2D eigenvalue weighted by Gasteiger charge is 2.28. The maximum absolute atomic E-state index is 14.7. The summed E-state index contributed by atoms with van der Waals surface area (Å²) < 4.78 is 59.1. The Labute approximate surface area is 301 Å². The molecule has 0 bridgehead atoms. The Morgan fingerprint density at radius 3 is 1.94 bits per heavy atom. The van der Waals surface area contributed by atoms with E-state index in [1.807, 2.05) is 5.38 Å². The van der Waals surface area contributed by atoms with Crippen LogP contribution in [0.2, 0.25) is 0 Å². The molecule has 270 valence electrons. The molecule has 1 atom stereocenters. The van der Waals surface area contributed by atoms with Crippen molar-refractivity contribution in [2.45, 2.75) is 12.3 Å². The Bertz CT molecular complexity index is 2290. The van der Waals surface area contributed by atoms with Gasteiger partial charge in [-0.15, -0.1) is 11.3 Å². The lowest BCUT2D eigenvalue weighted by molar-refractivity contribution is -0.127. The Hall–Kier alpha value is -6.88. The lowest BCUT2D eigenvalue weighted by Gasteiger charge is -2.15. The van der Waals surface area contributed by atoms with Gasteiger partial charge in [-0.1, -0.05) is 6.07 Å². The molecule has 6 N–H and O–H groups in total. The summed E-state index contributed by atoms with van der Waals surface area (Å²) in [7, 11) is 0. The third-order valence-electron chi connectivity index (χ3n) is 7.06. The topological polar surface area (TPSA) is 186 Å². The molecule has 4 aromatic carbocycles. The second kappa shape index (κ2) is 16.9. The maximum atomic E-state index is 14.7. The number of benzene rings is 4. The van der Waals surface area contributed by atoms with Crippen LogP contribution in [0.5, 0.6) is 17.4 Å². The minimum absolute atomic E-state index is 0.0420. The van der Waals surface area contributed by atoms with Gasteiger partial charge < -0.3 is 31.5 Å². The Balaban J connectivity index is 0.000000217. The Morgan fingerprint density at radius 1 is 0.736 bits per heavy atom. The van der Waals surface area contributed by atoms with E-state index in [0.717, 1.165) is 30.3 Å². The number of halogens is 4. The molecule has 0 aliphatic carbocycles. The van der Waals surface area contributed by atoms with Crippen LogP contribution in [-0.4, -0.2) is 38.7 Å². The molecule has 0 radical (unpaired) electrons. The van der Waals surface area contributed by atoms with E-state index in [2.05, 4.69) is 25.9 Å². The molecule has 4 amide bonds. The van der Waals surface area contributed by atoms with Crippen molar-refractivity contribution >= 4 is 62.2 Å². The summed E-state index contributed by atoms with van der Waals surface area (Å²) in [5, 5.41) is 18.7. The summed E-state index contributed by atoms with van der Waals surface area (Å²) in [5.74, 6) is -7.55. The number of amides is 4. The van der Waals surface area contributed by atoms with Crippen LogP contribution in [0.4, 0.5) is 34.6 Å². The van der Waals surface area contributed by atoms with Gasteiger partial charge in [-0.25, -0.2) is 27.5 Å². The van der Waals surface area contributed by atoms with E-state index in [0.29, 0.717) is 15.9 Å². The summed E-state index contributed by atoms with van der Waals surface area (Å²) >= 11 is 1.39. The van der Waals surface area contributed by atoms with Crippen molar-refractivity contribution in [3.05, 3.63) is 132 Å². The van der Waals surface area contributed by atoms with E-state index in [-0.39, 0.29) is 28.6 Å². The van der Waals surface area contributed by atoms with Crippen LogP contribution < -0.4 is 26.4 Å². The average Bonchev–Trinajstić information content (AvgIpc) is 3.60. The third-order valence-corrected chi connectivity index (χ3v) is 7.88. The predicted molar refractivity (Wildman–Crippen MR) is 187 cm³/mol. The number of hydrogen-bond acceptors (Lipinski definition) is 9. The fourth-order valence-corrected chi connectivity index (χ4v) is 5.32. The second-order valence-electron chi connectivity index (χ2n) is 10.9. The van der Waals surface area contributed by atoms with Gasteiger partial charge in [0.2, 0.25) is 29.5 Å². The zero-order valence-corrected chi connectivity index (χ0v) is 27.8. The average molecular weight is 747 g/mol. The molecule has 2 aromatic heterocycles. The van der Waals surface area contributed by atoms with Crippen molar-refractivity contribution in [2.75, 3.05) is 16.0 Å². The summed E-state index contributed by atoms with van der Waals surface area (Å²) in [6, 6.07) is 18.8. The molecule has 0 aliphatic rings. The van der Waals surface area contributed by atoms with Gasteiger partial charge in [0.05, 0.1) is 5.39 Å². The summed E-state index contributed by atoms with van der Waals surface area (Å²) in [6.45, 7) is 0. The zero-order chi connectivity index (χ0) is 38.1. The molecule has 0 saturated heterocycles. The highest BCUT2D eigenvalue weighted by molar-refractivity contribution is 7.16. The number of nitrogens with two attached hydrogens (primary N) is 1. The molecule has 17 heteroatoms. The van der Waals surface area contributed by atoms with Crippen LogP contribution in [0.15, 0.2) is 103 Å². The van der Waals surface area contributed by atoms with Crippen molar-refractivity contribution in [1.82, 2.24) is 9.97 Å². The highest BCUT2D eigenvalue weighted by Crippen LogP contribution is 2.32. The number of phenolic OH excluding ortho intramolecular Hbond substituents is 1. The first-order valence-electron chi connectivity index (χ1n) is 15.2. The zero-order valence-electron chi connectivity index (χ0n) is 27.0. The SMILES string of the molecule is NC(=O)C(C(=O)Nc1ccc(F)cc1)c1ccc(Oc2ncnc3sccc23)c(F)c1.O=C(CC(=O)Nc1ccc(O)c(F)c1)Nc1ccc(F)cc1. The number of hydrogen-bond donors (Lipinski definition) is 5.